The van der Waals surface area contributed by atoms with Crippen LogP contribution in [0.5, 0.6) is 5.75 Å². The van der Waals surface area contributed by atoms with E-state index in [4.69, 9.17) is 4.74 Å². The topological polar surface area (TPSA) is 66.0 Å². The molecular weight excluding hydrogens is 388 g/mol. The zero-order valence-electron chi connectivity index (χ0n) is 19.1. The molecule has 1 aliphatic rings. The van der Waals surface area contributed by atoms with E-state index >= 15 is 0 Å². The quantitative estimate of drug-likeness (QED) is 0.502. The SMILES string of the molecule is CN=C(NCc1ccc(CN2CCCC2=O)cc1)NCc1ccc(C)cc1OC(C)C. The highest BCUT2D eigenvalue weighted by Gasteiger charge is 2.19. The molecule has 1 aliphatic heterocycles. The second-order valence-electron chi connectivity index (χ2n) is 8.29. The molecule has 0 aromatic heterocycles. The second kappa shape index (κ2) is 10.8. The Morgan fingerprint density at radius 3 is 2.45 bits per heavy atom. The van der Waals surface area contributed by atoms with Crippen LogP contribution in [-0.2, 0) is 24.4 Å². The lowest BCUT2D eigenvalue weighted by Crippen LogP contribution is -2.36. The molecule has 0 radical (unpaired) electrons. The Hall–Kier alpha value is -3.02. The van der Waals surface area contributed by atoms with Crippen LogP contribution in [0.2, 0.25) is 0 Å². The third-order valence-corrected chi connectivity index (χ3v) is 5.28. The monoisotopic (exact) mass is 422 g/mol. The molecule has 0 saturated carbocycles. The summed E-state index contributed by atoms with van der Waals surface area (Å²) >= 11 is 0. The van der Waals surface area contributed by atoms with Crippen molar-refractivity contribution in [2.45, 2.75) is 59.4 Å². The maximum atomic E-state index is 11.8. The molecule has 0 bridgehead atoms. The zero-order valence-corrected chi connectivity index (χ0v) is 19.1. The van der Waals surface area contributed by atoms with Crippen molar-refractivity contribution in [2.24, 2.45) is 4.99 Å². The van der Waals surface area contributed by atoms with Gasteiger partial charge in [-0.2, -0.15) is 0 Å². The van der Waals surface area contributed by atoms with Gasteiger partial charge in [-0.25, -0.2) is 0 Å². The Bertz CT molecular complexity index is 906. The van der Waals surface area contributed by atoms with E-state index < -0.39 is 0 Å². The second-order valence-corrected chi connectivity index (χ2v) is 8.29. The van der Waals surface area contributed by atoms with Gasteiger partial charge in [0.05, 0.1) is 6.10 Å². The average molecular weight is 423 g/mol. The van der Waals surface area contributed by atoms with E-state index in [0.29, 0.717) is 26.1 Å². The molecule has 0 aliphatic carbocycles. The van der Waals surface area contributed by atoms with Crippen LogP contribution < -0.4 is 15.4 Å². The number of hydrogen-bond acceptors (Lipinski definition) is 3. The standard InChI is InChI=1S/C25H34N4O2/c1-18(2)31-23-14-19(3)7-12-22(23)16-28-25(26-4)27-15-20-8-10-21(11-9-20)17-29-13-5-6-24(29)30/h7-12,14,18H,5-6,13,15-17H2,1-4H3,(H2,26,27,28). The van der Waals surface area contributed by atoms with Gasteiger partial charge < -0.3 is 20.3 Å². The average Bonchev–Trinajstić information content (AvgIpc) is 3.14. The summed E-state index contributed by atoms with van der Waals surface area (Å²) in [5.41, 5.74) is 4.61. The molecule has 2 aromatic carbocycles. The molecule has 1 amide bonds. The van der Waals surface area contributed by atoms with Crippen LogP contribution in [0.4, 0.5) is 0 Å². The maximum Gasteiger partial charge on any atom is 0.222 e. The third-order valence-electron chi connectivity index (χ3n) is 5.28. The van der Waals surface area contributed by atoms with Gasteiger partial charge in [-0.15, -0.1) is 0 Å². The molecule has 0 atom stereocenters. The number of ether oxygens (including phenoxy) is 1. The third kappa shape index (κ3) is 6.74. The number of aliphatic imine (C=N–C) groups is 1. The van der Waals surface area contributed by atoms with Gasteiger partial charge in [-0.1, -0.05) is 36.4 Å². The first kappa shape index (κ1) is 22.7. The largest absolute Gasteiger partial charge is 0.491 e. The fourth-order valence-electron chi connectivity index (χ4n) is 3.61. The predicted molar refractivity (Wildman–Crippen MR) is 125 cm³/mol. The number of nitrogens with one attached hydrogen (secondary N) is 2. The molecule has 166 valence electrons. The van der Waals surface area contributed by atoms with Gasteiger partial charge in [0.2, 0.25) is 5.91 Å². The van der Waals surface area contributed by atoms with Crippen molar-refractivity contribution in [3.8, 4) is 5.75 Å². The van der Waals surface area contributed by atoms with Crippen LogP contribution in [0.3, 0.4) is 0 Å². The number of nitrogens with zero attached hydrogens (tertiary/aromatic N) is 2. The van der Waals surface area contributed by atoms with Crippen molar-refractivity contribution >= 4 is 11.9 Å². The molecule has 2 N–H and O–H groups in total. The van der Waals surface area contributed by atoms with E-state index in [-0.39, 0.29) is 12.0 Å². The van der Waals surface area contributed by atoms with Crippen LogP contribution >= 0.6 is 0 Å². The lowest BCUT2D eigenvalue weighted by atomic mass is 10.1. The van der Waals surface area contributed by atoms with Crippen LogP contribution in [0.25, 0.3) is 0 Å². The van der Waals surface area contributed by atoms with Crippen LogP contribution in [-0.4, -0.2) is 36.5 Å². The number of amides is 1. The fourth-order valence-corrected chi connectivity index (χ4v) is 3.61. The minimum absolute atomic E-state index is 0.129. The summed E-state index contributed by atoms with van der Waals surface area (Å²) in [4.78, 5) is 18.1. The number of hydrogen-bond donors (Lipinski definition) is 2. The Morgan fingerprint density at radius 1 is 1.10 bits per heavy atom. The lowest BCUT2D eigenvalue weighted by molar-refractivity contribution is -0.128. The molecule has 6 heteroatoms. The van der Waals surface area contributed by atoms with Gasteiger partial charge in [-0.05, 0) is 49.9 Å². The number of guanidine groups is 1. The van der Waals surface area contributed by atoms with Crippen LogP contribution in [0, 0.1) is 6.92 Å². The number of likely N-dealkylation sites (tertiary alicyclic amines) is 1. The van der Waals surface area contributed by atoms with Crippen molar-refractivity contribution in [2.75, 3.05) is 13.6 Å². The van der Waals surface area contributed by atoms with Gasteiger partial charge in [0, 0.05) is 45.2 Å². The van der Waals surface area contributed by atoms with Crippen molar-refractivity contribution in [1.29, 1.82) is 0 Å². The molecule has 2 aromatic rings. The van der Waals surface area contributed by atoms with Crippen molar-refractivity contribution in [3.63, 3.8) is 0 Å². The van der Waals surface area contributed by atoms with E-state index in [0.717, 1.165) is 30.2 Å². The number of benzene rings is 2. The van der Waals surface area contributed by atoms with Crippen LogP contribution in [0.15, 0.2) is 47.5 Å². The number of aryl methyl sites for hydroxylation is 1. The number of rotatable bonds is 8. The minimum atomic E-state index is 0.129. The minimum Gasteiger partial charge on any atom is -0.491 e. The summed E-state index contributed by atoms with van der Waals surface area (Å²) < 4.78 is 5.96. The van der Waals surface area contributed by atoms with Gasteiger partial charge >= 0.3 is 0 Å². The Morgan fingerprint density at radius 2 is 1.81 bits per heavy atom. The van der Waals surface area contributed by atoms with Gasteiger partial charge in [0.1, 0.15) is 5.75 Å². The summed E-state index contributed by atoms with van der Waals surface area (Å²) in [7, 11) is 1.77. The summed E-state index contributed by atoms with van der Waals surface area (Å²) in [5.74, 6) is 1.91. The molecule has 3 rings (SSSR count). The molecule has 6 nitrogen and oxygen atoms in total. The summed E-state index contributed by atoms with van der Waals surface area (Å²) in [6, 6.07) is 14.7. The Labute approximate surface area is 185 Å². The summed E-state index contributed by atoms with van der Waals surface area (Å²) in [5, 5.41) is 6.73. The number of carbonyl (C=O) groups is 1. The Balaban J connectivity index is 1.51. The number of carbonyl (C=O) groups excluding carboxylic acids is 1. The van der Waals surface area contributed by atoms with Gasteiger partial charge in [0.25, 0.3) is 0 Å². The van der Waals surface area contributed by atoms with E-state index in [1.54, 1.807) is 7.05 Å². The highest BCUT2D eigenvalue weighted by Crippen LogP contribution is 2.21. The van der Waals surface area contributed by atoms with Crippen LogP contribution in [0.1, 0.15) is 48.9 Å². The van der Waals surface area contributed by atoms with Crippen molar-refractivity contribution < 1.29 is 9.53 Å². The molecule has 1 heterocycles. The van der Waals surface area contributed by atoms with E-state index in [1.165, 1.54) is 16.7 Å². The lowest BCUT2D eigenvalue weighted by Gasteiger charge is -2.17. The summed E-state index contributed by atoms with van der Waals surface area (Å²) in [6.45, 7) is 9.01. The first-order chi connectivity index (χ1) is 14.9. The zero-order chi connectivity index (χ0) is 22.2. The highest BCUT2D eigenvalue weighted by molar-refractivity contribution is 5.79. The molecule has 1 saturated heterocycles. The fraction of sp³-hybridized carbons (Fsp3) is 0.440. The van der Waals surface area contributed by atoms with E-state index in [2.05, 4.69) is 65.0 Å². The van der Waals surface area contributed by atoms with Crippen molar-refractivity contribution in [3.05, 3.63) is 64.7 Å². The molecule has 0 unspecified atom stereocenters. The molecule has 31 heavy (non-hydrogen) atoms. The Kier molecular flexibility index (Phi) is 7.93. The predicted octanol–water partition coefficient (Wildman–Crippen LogP) is 3.77. The summed E-state index contributed by atoms with van der Waals surface area (Å²) in [6.07, 6.45) is 1.78. The van der Waals surface area contributed by atoms with E-state index in [9.17, 15) is 4.79 Å². The maximum absolute atomic E-state index is 11.8. The van der Waals surface area contributed by atoms with Gasteiger partial charge in [0.15, 0.2) is 5.96 Å². The molecule has 0 spiro atoms. The molecular formula is C25H34N4O2. The highest BCUT2D eigenvalue weighted by atomic mass is 16.5. The first-order valence-corrected chi connectivity index (χ1v) is 11.0. The van der Waals surface area contributed by atoms with Crippen molar-refractivity contribution in [1.82, 2.24) is 15.5 Å². The molecule has 1 fully saturated rings. The normalized spacial score (nSPS) is 14.3. The van der Waals surface area contributed by atoms with E-state index in [1.807, 2.05) is 18.7 Å². The van der Waals surface area contributed by atoms with Gasteiger partial charge in [-0.3, -0.25) is 9.79 Å². The first-order valence-electron chi connectivity index (χ1n) is 11.0. The smallest absolute Gasteiger partial charge is 0.222 e.